The van der Waals surface area contributed by atoms with Crippen LogP contribution >= 0.6 is 0 Å². The second-order valence-corrected chi connectivity index (χ2v) is 7.54. The third kappa shape index (κ3) is 3.87. The van der Waals surface area contributed by atoms with Crippen LogP contribution in [0.4, 0.5) is 0 Å². The number of ether oxygens (including phenoxy) is 1. The van der Waals surface area contributed by atoms with Gasteiger partial charge in [-0.3, -0.25) is 14.6 Å². The molecule has 1 unspecified atom stereocenters. The molecule has 4 rings (SSSR count). The molecule has 0 saturated carbocycles. The molecule has 6 heteroatoms. The minimum absolute atomic E-state index is 0.0350. The Kier molecular flexibility index (Phi) is 6.03. The quantitative estimate of drug-likeness (QED) is 0.360. The van der Waals surface area contributed by atoms with Crippen molar-refractivity contribution in [1.29, 1.82) is 0 Å². The first-order valence-electron chi connectivity index (χ1n) is 10.5. The van der Waals surface area contributed by atoms with Gasteiger partial charge in [-0.1, -0.05) is 55.5 Å². The van der Waals surface area contributed by atoms with E-state index in [9.17, 15) is 14.7 Å². The van der Waals surface area contributed by atoms with Crippen LogP contribution in [0.5, 0.6) is 5.75 Å². The molecule has 1 fully saturated rings. The predicted molar refractivity (Wildman–Crippen MR) is 121 cm³/mol. The van der Waals surface area contributed by atoms with Crippen molar-refractivity contribution in [2.24, 2.45) is 0 Å². The van der Waals surface area contributed by atoms with Crippen LogP contribution in [0.3, 0.4) is 0 Å². The lowest BCUT2D eigenvalue weighted by Gasteiger charge is -2.25. The molecular weight excluding hydrogens is 404 g/mol. The lowest BCUT2D eigenvalue weighted by atomic mass is 9.97. The van der Waals surface area contributed by atoms with Gasteiger partial charge in [-0.15, -0.1) is 0 Å². The van der Waals surface area contributed by atoms with Crippen LogP contribution in [0.2, 0.25) is 0 Å². The Morgan fingerprint density at radius 3 is 2.41 bits per heavy atom. The van der Waals surface area contributed by atoms with Crippen molar-refractivity contribution in [2.75, 3.05) is 7.11 Å². The van der Waals surface area contributed by atoms with Crippen molar-refractivity contribution in [3.8, 4) is 5.75 Å². The van der Waals surface area contributed by atoms with Crippen molar-refractivity contribution >= 4 is 17.4 Å². The van der Waals surface area contributed by atoms with Crippen molar-refractivity contribution in [3.63, 3.8) is 0 Å². The molecule has 1 aromatic heterocycles. The second-order valence-electron chi connectivity index (χ2n) is 7.54. The van der Waals surface area contributed by atoms with Gasteiger partial charge >= 0.3 is 0 Å². The summed E-state index contributed by atoms with van der Waals surface area (Å²) in [6, 6.07) is 19.1. The number of aryl methyl sites for hydroxylation is 1. The molecule has 2 heterocycles. The molecule has 3 aromatic rings. The van der Waals surface area contributed by atoms with Gasteiger partial charge in [-0.2, -0.15) is 0 Å². The number of nitrogens with zero attached hydrogens (tertiary/aromatic N) is 2. The molecule has 1 aliphatic heterocycles. The van der Waals surface area contributed by atoms with E-state index < -0.39 is 17.7 Å². The molecule has 162 valence electrons. The van der Waals surface area contributed by atoms with Gasteiger partial charge in [0.25, 0.3) is 11.7 Å². The lowest BCUT2D eigenvalue weighted by Crippen LogP contribution is -2.29. The van der Waals surface area contributed by atoms with Crippen LogP contribution in [0.1, 0.15) is 35.3 Å². The minimum Gasteiger partial charge on any atom is -0.507 e. The maximum atomic E-state index is 13.1. The molecule has 1 atom stereocenters. The van der Waals surface area contributed by atoms with Crippen LogP contribution in [0.15, 0.2) is 78.5 Å². The van der Waals surface area contributed by atoms with E-state index in [4.69, 9.17) is 4.74 Å². The van der Waals surface area contributed by atoms with Gasteiger partial charge in [-0.05, 0) is 30.2 Å². The largest absolute Gasteiger partial charge is 0.507 e. The number of pyridine rings is 1. The Balaban J connectivity index is 1.84. The van der Waals surface area contributed by atoms with Crippen LogP contribution in [0.25, 0.3) is 5.76 Å². The van der Waals surface area contributed by atoms with Gasteiger partial charge in [0.05, 0.1) is 24.9 Å². The number of Topliss-reactive ketones (excluding diaryl/α,β-unsaturated/α-hetero) is 1. The number of aromatic nitrogens is 1. The van der Waals surface area contributed by atoms with Gasteiger partial charge in [0, 0.05) is 17.3 Å². The van der Waals surface area contributed by atoms with E-state index in [1.165, 1.54) is 4.90 Å². The van der Waals surface area contributed by atoms with Crippen molar-refractivity contribution in [3.05, 3.63) is 101 Å². The summed E-state index contributed by atoms with van der Waals surface area (Å²) in [6.07, 6.45) is 2.47. The zero-order chi connectivity index (χ0) is 22.7. The van der Waals surface area contributed by atoms with E-state index in [1.807, 2.05) is 37.3 Å². The lowest BCUT2D eigenvalue weighted by molar-refractivity contribution is -0.140. The maximum absolute atomic E-state index is 13.1. The summed E-state index contributed by atoms with van der Waals surface area (Å²) in [4.78, 5) is 32.1. The maximum Gasteiger partial charge on any atom is 0.296 e. The highest BCUT2D eigenvalue weighted by atomic mass is 16.5. The van der Waals surface area contributed by atoms with Crippen LogP contribution < -0.4 is 4.74 Å². The summed E-state index contributed by atoms with van der Waals surface area (Å²) in [7, 11) is 1.56. The van der Waals surface area contributed by atoms with Gasteiger partial charge < -0.3 is 14.7 Å². The summed E-state index contributed by atoms with van der Waals surface area (Å²) in [6.45, 7) is 2.18. The van der Waals surface area contributed by atoms with E-state index in [2.05, 4.69) is 4.98 Å². The molecule has 32 heavy (non-hydrogen) atoms. The topological polar surface area (TPSA) is 79.7 Å². The fourth-order valence-electron chi connectivity index (χ4n) is 3.96. The molecule has 0 bridgehead atoms. The number of hydrogen-bond donors (Lipinski definition) is 1. The molecule has 1 saturated heterocycles. The normalized spacial score (nSPS) is 17.6. The average Bonchev–Trinajstić information content (AvgIpc) is 3.09. The van der Waals surface area contributed by atoms with E-state index in [1.54, 1.807) is 49.7 Å². The van der Waals surface area contributed by atoms with Crippen LogP contribution in [-0.2, 0) is 22.6 Å². The van der Waals surface area contributed by atoms with E-state index in [0.29, 0.717) is 17.0 Å². The predicted octanol–water partition coefficient (Wildman–Crippen LogP) is 4.27. The first-order valence-corrected chi connectivity index (χ1v) is 10.5. The fourth-order valence-corrected chi connectivity index (χ4v) is 3.96. The molecule has 1 amide bonds. The summed E-state index contributed by atoms with van der Waals surface area (Å²) < 4.78 is 5.42. The molecule has 0 radical (unpaired) electrons. The number of aliphatic hydroxyl groups excluding tert-OH is 1. The molecule has 1 N–H and O–H groups in total. The zero-order valence-electron chi connectivity index (χ0n) is 18.0. The number of para-hydroxylation sites is 1. The third-order valence-electron chi connectivity index (χ3n) is 5.68. The number of aliphatic hydroxyl groups is 1. The number of carbonyl (C=O) groups is 2. The monoisotopic (exact) mass is 428 g/mol. The molecule has 0 aliphatic carbocycles. The first-order chi connectivity index (χ1) is 15.5. The van der Waals surface area contributed by atoms with E-state index in [0.717, 1.165) is 17.5 Å². The Hall–Kier alpha value is -3.93. The van der Waals surface area contributed by atoms with Crippen LogP contribution in [0, 0.1) is 0 Å². The second kappa shape index (κ2) is 9.06. The highest BCUT2D eigenvalue weighted by Crippen LogP contribution is 2.40. The molecule has 2 aromatic carbocycles. The Bertz CT molecular complexity index is 1170. The minimum atomic E-state index is -0.813. The fraction of sp³-hybridized carbons (Fsp3) is 0.192. The first kappa shape index (κ1) is 21.3. The average molecular weight is 428 g/mol. The third-order valence-corrected chi connectivity index (χ3v) is 5.68. The van der Waals surface area contributed by atoms with Gasteiger partial charge in [0.1, 0.15) is 17.6 Å². The smallest absolute Gasteiger partial charge is 0.296 e. The number of ketones is 1. The number of carbonyl (C=O) groups excluding carboxylic acids is 2. The summed E-state index contributed by atoms with van der Waals surface area (Å²) in [5, 5.41) is 11.1. The molecule has 6 nitrogen and oxygen atoms in total. The molecule has 0 spiro atoms. The van der Waals surface area contributed by atoms with Gasteiger partial charge in [-0.25, -0.2) is 0 Å². The SMILES string of the molecule is CCc1ccc(/C(O)=C2/C(=O)C(=O)N(Cc3ccccc3OC)C2c2ccccn2)cc1. The number of likely N-dealkylation sites (tertiary alicyclic amines) is 1. The van der Waals surface area contributed by atoms with Crippen LogP contribution in [-0.4, -0.2) is 33.8 Å². The highest BCUT2D eigenvalue weighted by molar-refractivity contribution is 6.46. The van der Waals surface area contributed by atoms with Crippen molar-refractivity contribution in [1.82, 2.24) is 9.88 Å². The van der Waals surface area contributed by atoms with E-state index in [-0.39, 0.29) is 17.9 Å². The highest BCUT2D eigenvalue weighted by Gasteiger charge is 2.46. The van der Waals surface area contributed by atoms with E-state index >= 15 is 0 Å². The summed E-state index contributed by atoms with van der Waals surface area (Å²) in [5.41, 5.74) is 2.89. The number of methoxy groups -OCH3 is 1. The number of benzene rings is 2. The summed E-state index contributed by atoms with van der Waals surface area (Å²) in [5.74, 6) is -1.00. The number of hydrogen-bond acceptors (Lipinski definition) is 5. The van der Waals surface area contributed by atoms with Gasteiger partial charge in [0.2, 0.25) is 0 Å². The Morgan fingerprint density at radius 1 is 1.03 bits per heavy atom. The number of rotatable bonds is 6. The summed E-state index contributed by atoms with van der Waals surface area (Å²) >= 11 is 0. The number of amides is 1. The van der Waals surface area contributed by atoms with Gasteiger partial charge in [0.15, 0.2) is 0 Å². The Morgan fingerprint density at radius 2 is 1.75 bits per heavy atom. The molecular formula is C26H24N2O4. The zero-order valence-corrected chi connectivity index (χ0v) is 18.0. The van der Waals surface area contributed by atoms with Crippen molar-refractivity contribution < 1.29 is 19.4 Å². The standard InChI is InChI=1S/C26H24N2O4/c1-3-17-11-13-18(14-12-17)24(29)22-23(20-9-6-7-15-27-20)28(26(31)25(22)30)16-19-8-4-5-10-21(19)32-2/h4-15,23,29H,3,16H2,1-2H3/b24-22-. The molecule has 1 aliphatic rings. The Labute approximate surface area is 186 Å². The van der Waals surface area contributed by atoms with Crippen molar-refractivity contribution in [2.45, 2.75) is 25.9 Å².